The Kier molecular flexibility index (Phi) is 3.77. The number of benzene rings is 1. The van der Waals surface area contributed by atoms with E-state index in [2.05, 4.69) is 42.3 Å². The normalized spacial score (nSPS) is 9.74. The molecule has 0 saturated heterocycles. The van der Waals surface area contributed by atoms with Gasteiger partial charge in [-0.1, -0.05) is 15.9 Å². The Labute approximate surface area is 117 Å². The van der Waals surface area contributed by atoms with Crippen molar-refractivity contribution in [3.05, 3.63) is 28.2 Å². The van der Waals surface area contributed by atoms with Crippen LogP contribution in [0.5, 0.6) is 6.01 Å². The average Bonchev–Trinajstić information content (AvgIpc) is 2.38. The summed E-state index contributed by atoms with van der Waals surface area (Å²) >= 11 is 3.33. The van der Waals surface area contributed by atoms with Gasteiger partial charge in [-0.3, -0.25) is 0 Å². The molecule has 2 rings (SSSR count). The molecule has 0 atom stereocenters. The highest BCUT2D eigenvalue weighted by Gasteiger charge is 2.08. The minimum Gasteiger partial charge on any atom is -0.467 e. The lowest BCUT2D eigenvalue weighted by Crippen LogP contribution is -2.05. The highest BCUT2D eigenvalue weighted by Crippen LogP contribution is 2.23. The van der Waals surface area contributed by atoms with Crippen LogP contribution in [0.25, 0.3) is 0 Å². The molecule has 1 heterocycles. The van der Waals surface area contributed by atoms with Gasteiger partial charge in [0.15, 0.2) is 0 Å². The minimum atomic E-state index is 0.0304. The Morgan fingerprint density at radius 1 is 1.37 bits per heavy atom. The number of ether oxygens (including phenoxy) is 1. The van der Waals surface area contributed by atoms with Gasteiger partial charge in [0.1, 0.15) is 6.07 Å². The highest BCUT2D eigenvalue weighted by molar-refractivity contribution is 9.10. The third-order valence-corrected chi connectivity index (χ3v) is 2.66. The molecule has 19 heavy (non-hydrogen) atoms. The van der Waals surface area contributed by atoms with Crippen LogP contribution in [0.2, 0.25) is 0 Å². The molecule has 0 bridgehead atoms. The predicted molar refractivity (Wildman–Crippen MR) is 72.9 cm³/mol. The zero-order chi connectivity index (χ0) is 13.8. The number of nitrogen functional groups attached to an aromatic ring is 1. The Bertz CT molecular complexity index is 654. The second-order valence-corrected chi connectivity index (χ2v) is 4.35. The van der Waals surface area contributed by atoms with Gasteiger partial charge >= 0.3 is 6.01 Å². The zero-order valence-corrected chi connectivity index (χ0v) is 11.5. The number of nitrogens with one attached hydrogen (secondary N) is 1. The van der Waals surface area contributed by atoms with Crippen LogP contribution in [0, 0.1) is 11.3 Å². The number of halogens is 1. The van der Waals surface area contributed by atoms with Gasteiger partial charge in [0.05, 0.1) is 18.4 Å². The largest absolute Gasteiger partial charge is 0.467 e. The van der Waals surface area contributed by atoms with Crippen molar-refractivity contribution in [1.82, 2.24) is 15.0 Å². The van der Waals surface area contributed by atoms with E-state index >= 15 is 0 Å². The van der Waals surface area contributed by atoms with Crippen molar-refractivity contribution in [2.45, 2.75) is 0 Å². The van der Waals surface area contributed by atoms with Crippen LogP contribution in [0.3, 0.4) is 0 Å². The summed E-state index contributed by atoms with van der Waals surface area (Å²) in [5.41, 5.74) is 6.55. The van der Waals surface area contributed by atoms with E-state index in [-0.39, 0.29) is 17.9 Å². The molecule has 1 aromatic carbocycles. The second kappa shape index (κ2) is 5.49. The molecular formula is C11H9BrN6O. The van der Waals surface area contributed by atoms with E-state index < -0.39 is 0 Å². The summed E-state index contributed by atoms with van der Waals surface area (Å²) in [6.07, 6.45) is 0. The smallest absolute Gasteiger partial charge is 0.322 e. The first kappa shape index (κ1) is 13.0. The molecule has 0 aliphatic rings. The maximum absolute atomic E-state index is 9.03. The number of nitriles is 1. The number of rotatable bonds is 3. The van der Waals surface area contributed by atoms with Crippen LogP contribution >= 0.6 is 15.9 Å². The van der Waals surface area contributed by atoms with Crippen LogP contribution in [-0.2, 0) is 0 Å². The van der Waals surface area contributed by atoms with E-state index in [1.54, 1.807) is 18.2 Å². The van der Waals surface area contributed by atoms with Crippen molar-refractivity contribution in [2.24, 2.45) is 0 Å². The number of nitrogens with two attached hydrogens (primary N) is 1. The Balaban J connectivity index is 2.38. The van der Waals surface area contributed by atoms with Gasteiger partial charge in [-0.2, -0.15) is 20.2 Å². The lowest BCUT2D eigenvalue weighted by Gasteiger charge is -2.08. The number of hydrogen-bond donors (Lipinski definition) is 2. The summed E-state index contributed by atoms with van der Waals surface area (Å²) in [4.78, 5) is 11.7. The second-order valence-electron chi connectivity index (χ2n) is 3.43. The van der Waals surface area contributed by atoms with E-state index in [9.17, 15) is 0 Å². The van der Waals surface area contributed by atoms with Gasteiger partial charge in [-0.05, 0) is 18.2 Å². The summed E-state index contributed by atoms with van der Waals surface area (Å²) in [5.74, 6) is 0.238. The number of anilines is 3. The fourth-order valence-corrected chi connectivity index (χ4v) is 1.72. The number of nitrogens with zero attached hydrogens (tertiary/aromatic N) is 4. The zero-order valence-electron chi connectivity index (χ0n) is 9.88. The maximum Gasteiger partial charge on any atom is 0.322 e. The third-order valence-electron chi connectivity index (χ3n) is 2.16. The molecule has 0 aliphatic carbocycles. The summed E-state index contributed by atoms with van der Waals surface area (Å²) < 4.78 is 5.72. The molecule has 2 aromatic rings. The van der Waals surface area contributed by atoms with Gasteiger partial charge in [-0.25, -0.2) is 0 Å². The number of hydrogen-bond acceptors (Lipinski definition) is 7. The van der Waals surface area contributed by atoms with E-state index in [0.717, 1.165) is 4.47 Å². The molecule has 0 aliphatic heterocycles. The van der Waals surface area contributed by atoms with Crippen LogP contribution in [-0.4, -0.2) is 22.1 Å². The topological polar surface area (TPSA) is 110 Å². The molecule has 0 fully saturated rings. The fraction of sp³-hybridized carbons (Fsp3) is 0.0909. The molecule has 0 amide bonds. The van der Waals surface area contributed by atoms with Crippen molar-refractivity contribution >= 4 is 33.5 Å². The predicted octanol–water partition coefficient (Wildman–Crippen LogP) is 1.84. The van der Waals surface area contributed by atoms with Crippen molar-refractivity contribution < 1.29 is 4.74 Å². The molecule has 0 spiro atoms. The monoisotopic (exact) mass is 320 g/mol. The van der Waals surface area contributed by atoms with Gasteiger partial charge in [0, 0.05) is 4.47 Å². The van der Waals surface area contributed by atoms with E-state index in [4.69, 9.17) is 15.7 Å². The SMILES string of the molecule is COc1nc(N)nc(Nc2cc(Br)ccc2C#N)n1. The molecular weight excluding hydrogens is 312 g/mol. The lowest BCUT2D eigenvalue weighted by atomic mass is 10.2. The number of aromatic nitrogens is 3. The average molecular weight is 321 g/mol. The van der Waals surface area contributed by atoms with Crippen molar-refractivity contribution in [3.63, 3.8) is 0 Å². The molecule has 1 aromatic heterocycles. The van der Waals surface area contributed by atoms with Crippen LogP contribution in [0.15, 0.2) is 22.7 Å². The first-order valence-electron chi connectivity index (χ1n) is 5.14. The molecule has 3 N–H and O–H groups in total. The molecule has 96 valence electrons. The molecule has 0 unspecified atom stereocenters. The van der Waals surface area contributed by atoms with Crippen molar-refractivity contribution in [2.75, 3.05) is 18.2 Å². The number of methoxy groups -OCH3 is 1. The van der Waals surface area contributed by atoms with Gasteiger partial charge in [0.2, 0.25) is 11.9 Å². The summed E-state index contributed by atoms with van der Waals surface area (Å²) in [6, 6.07) is 7.36. The first-order valence-corrected chi connectivity index (χ1v) is 5.94. The Hall–Kier alpha value is -2.40. The Morgan fingerprint density at radius 3 is 2.84 bits per heavy atom. The fourth-order valence-electron chi connectivity index (χ4n) is 1.36. The summed E-state index contributed by atoms with van der Waals surface area (Å²) in [5, 5.41) is 11.9. The third kappa shape index (κ3) is 3.08. The molecule has 7 nitrogen and oxygen atoms in total. The summed E-state index contributed by atoms with van der Waals surface area (Å²) in [7, 11) is 1.43. The highest BCUT2D eigenvalue weighted by atomic mass is 79.9. The van der Waals surface area contributed by atoms with Gasteiger partial charge in [-0.15, -0.1) is 0 Å². The quantitative estimate of drug-likeness (QED) is 0.887. The molecule has 0 saturated carbocycles. The van der Waals surface area contributed by atoms with Crippen molar-refractivity contribution in [1.29, 1.82) is 5.26 Å². The summed E-state index contributed by atoms with van der Waals surface area (Å²) in [6.45, 7) is 0. The van der Waals surface area contributed by atoms with Gasteiger partial charge < -0.3 is 15.8 Å². The van der Waals surface area contributed by atoms with Crippen LogP contribution < -0.4 is 15.8 Å². The standard InChI is InChI=1S/C11H9BrN6O/c1-19-11-17-9(14)16-10(18-11)15-8-4-7(12)3-2-6(8)5-13/h2-4H,1H3,(H3,14,15,16,17,18). The van der Waals surface area contributed by atoms with E-state index in [1.165, 1.54) is 7.11 Å². The molecule has 0 radical (unpaired) electrons. The van der Waals surface area contributed by atoms with Crippen LogP contribution in [0.1, 0.15) is 5.56 Å². The van der Waals surface area contributed by atoms with Gasteiger partial charge in [0.25, 0.3) is 0 Å². The van der Waals surface area contributed by atoms with Crippen LogP contribution in [0.4, 0.5) is 17.6 Å². The maximum atomic E-state index is 9.03. The van der Waals surface area contributed by atoms with Crippen molar-refractivity contribution in [3.8, 4) is 12.1 Å². The minimum absolute atomic E-state index is 0.0304. The van der Waals surface area contributed by atoms with E-state index in [0.29, 0.717) is 11.3 Å². The first-order chi connectivity index (χ1) is 9.12. The Morgan fingerprint density at radius 2 is 2.16 bits per heavy atom. The molecule has 8 heteroatoms. The lowest BCUT2D eigenvalue weighted by molar-refractivity contribution is 0.380. The van der Waals surface area contributed by atoms with E-state index in [1.807, 2.05) is 0 Å².